The van der Waals surface area contributed by atoms with Gasteiger partial charge in [-0.05, 0) is 174 Å². The van der Waals surface area contributed by atoms with Crippen molar-refractivity contribution in [2.75, 3.05) is 0 Å². The summed E-state index contributed by atoms with van der Waals surface area (Å²) in [7, 11) is 6.12. The molecule has 0 bridgehead atoms. The number of hydrogen-bond donors (Lipinski definition) is 0. The number of aryl methyl sites for hydroxylation is 8. The van der Waals surface area contributed by atoms with E-state index in [4.69, 9.17) is 22.3 Å². The van der Waals surface area contributed by atoms with E-state index in [1.165, 1.54) is 104 Å². The van der Waals surface area contributed by atoms with E-state index in [1.54, 1.807) is 6.20 Å². The molecular weight excluding hydrogens is 1150 g/mol. The van der Waals surface area contributed by atoms with Crippen molar-refractivity contribution in [1.29, 1.82) is 0 Å². The third kappa shape index (κ3) is 9.64. The Morgan fingerprint density at radius 3 is 1.48 bits per heavy atom. The van der Waals surface area contributed by atoms with Gasteiger partial charge in [0, 0.05) is 76.9 Å². The van der Waals surface area contributed by atoms with Gasteiger partial charge in [0.1, 0.15) is 49.1 Å². The highest BCUT2D eigenvalue weighted by atomic mass is 16.3. The number of benzene rings is 11. The van der Waals surface area contributed by atoms with Gasteiger partial charge in [-0.2, -0.15) is 0 Å². The largest absolute Gasteiger partial charge is 0.456 e. The Labute approximate surface area is 549 Å². The van der Waals surface area contributed by atoms with E-state index in [0.29, 0.717) is 22.8 Å². The second-order valence-corrected chi connectivity index (χ2v) is 25.6. The molecule has 0 aliphatic rings. The third-order valence-corrected chi connectivity index (χ3v) is 19.5. The number of fused-ring (bicyclic) bond motifs is 14. The Bertz CT molecular complexity index is 6260. The molecule has 7 aromatic heterocycles. The van der Waals surface area contributed by atoms with E-state index in [-0.39, 0.29) is 0 Å². The zero-order valence-electron chi connectivity index (χ0n) is 57.2. The molecule has 0 fully saturated rings. The average molecular weight is 1220 g/mol. The Balaban J connectivity index is 0.000000115. The minimum Gasteiger partial charge on any atom is -0.456 e. The highest BCUT2D eigenvalue weighted by Gasteiger charge is 2.26. The molecule has 11 aromatic carbocycles. The quantitative estimate of drug-likeness (QED) is 0.161. The molecule has 0 unspecified atom stereocenters. The van der Waals surface area contributed by atoms with E-state index in [1.807, 2.05) is 66.2 Å². The van der Waals surface area contributed by atoms with Crippen LogP contribution >= 0.6 is 0 Å². The van der Waals surface area contributed by atoms with E-state index >= 15 is 0 Å². The lowest BCUT2D eigenvalue weighted by Gasteiger charge is -2.11. The number of hydrogen-bond acceptors (Lipinski definition) is 4. The van der Waals surface area contributed by atoms with Gasteiger partial charge < -0.3 is 13.3 Å². The number of pyridine rings is 4. The number of rotatable bonds is 5. The lowest BCUT2D eigenvalue weighted by atomic mass is 9.94. The summed E-state index contributed by atoms with van der Waals surface area (Å²) in [6, 6.07) is 78.4. The first-order valence-corrected chi connectivity index (χ1v) is 32.3. The second kappa shape index (κ2) is 22.8. The van der Waals surface area contributed by atoms with Gasteiger partial charge in [-0.15, -0.1) is 0 Å². The molecule has 454 valence electrons. The van der Waals surface area contributed by atoms with E-state index in [9.17, 15) is 0 Å². The van der Waals surface area contributed by atoms with Crippen molar-refractivity contribution >= 4 is 120 Å². The van der Waals surface area contributed by atoms with Gasteiger partial charge >= 0.3 is 0 Å². The molecule has 0 amide bonds. The topological polar surface area (TPSA) is 64.0 Å². The molecule has 0 spiro atoms. The molecule has 18 aromatic rings. The molecule has 7 heteroatoms. The summed E-state index contributed by atoms with van der Waals surface area (Å²) in [6.45, 7) is 10.8. The number of nitrogens with zero attached hydrogens (tertiary/aromatic N) is 4. The first-order chi connectivity index (χ1) is 46.9. The van der Waals surface area contributed by atoms with Crippen LogP contribution in [-0.4, -0.2) is 4.98 Å². The lowest BCUT2D eigenvalue weighted by molar-refractivity contribution is -0.660. The molecule has 0 aliphatic carbocycles. The first-order valence-electron chi connectivity index (χ1n) is 33.8. The van der Waals surface area contributed by atoms with Gasteiger partial charge in [-0.3, -0.25) is 0 Å². The molecule has 94 heavy (non-hydrogen) atoms. The van der Waals surface area contributed by atoms with Crippen molar-refractivity contribution < 1.29 is 31.1 Å². The van der Waals surface area contributed by atoms with Crippen LogP contribution in [0.1, 0.15) is 57.3 Å². The molecule has 0 saturated carbocycles. The summed E-state index contributed by atoms with van der Waals surface area (Å²) in [5.41, 5.74) is 20.7. The maximum atomic E-state index is 8.13. The fraction of sp³-hybridized carbons (Fsp3) is 0.126. The highest BCUT2D eigenvalue weighted by Crippen LogP contribution is 2.43. The lowest BCUT2D eigenvalue weighted by Crippen LogP contribution is -2.31. The van der Waals surface area contributed by atoms with Gasteiger partial charge in [-0.1, -0.05) is 141 Å². The number of furan rings is 3. The summed E-state index contributed by atoms with van der Waals surface area (Å²) in [6.07, 6.45) is 6.02. The van der Waals surface area contributed by atoms with Crippen molar-refractivity contribution in [2.45, 2.75) is 54.3 Å². The standard InChI is InChI=1S/C30H25N2O.C30H26NO.C27H20NO/c1-18-17-32(4)27(16-25(18)21-10-6-5-7-11-21)23-14-15-24-28-19(2)22-12-8-9-13-26(22)31-30(28)33-29(24)20(23)3;1-18(2)20-9-10-25-23(15-20)13-14-31(4)29(25)24-11-12-26-27-16-21-7-5-6-8-22(21)17-28(27)32-30(26)19(24)3;1-17-21(26-22-10-6-5-7-18(22)13-14-28(26)2)11-12-23-24-15-19-8-3-4-9-20(19)16-25(24)29-27(17)23/h5-17H,1-4H3;5-18H,1-4H3;3-16H,1-2H3/q3*+1/i1D3;;. The molecule has 0 radical (unpaired) electrons. The van der Waals surface area contributed by atoms with Crippen molar-refractivity contribution in [3.63, 3.8) is 0 Å². The fourth-order valence-corrected chi connectivity index (χ4v) is 14.5. The van der Waals surface area contributed by atoms with Gasteiger partial charge in [0.15, 0.2) is 18.6 Å². The average Bonchev–Trinajstić information content (AvgIpc) is 1.63. The second-order valence-electron chi connectivity index (χ2n) is 25.6. The monoisotopic (exact) mass is 1220 g/mol. The SMILES string of the molecule is Cc1c(-c2c3ccc(C(C)C)cc3cc[n+]2C)ccc2c1oc1cc3ccccc3cc12.Cc1c(-c2c3ccccc3cc[n+]2C)ccc2c1oc1cc3ccccc3cc12.[2H]C([2H])([2H])c1c[n+](C)c(-c2ccc3c(oc4nc5ccccc5c(C)c43)c2C)cc1-c1ccccc1. The normalized spacial score (nSPS) is 12.4. The van der Waals surface area contributed by atoms with Crippen LogP contribution in [0.25, 0.3) is 165 Å². The molecule has 0 aliphatic heterocycles. The van der Waals surface area contributed by atoms with Crippen LogP contribution in [0.3, 0.4) is 0 Å². The van der Waals surface area contributed by atoms with Crippen LogP contribution in [0.15, 0.2) is 256 Å². The van der Waals surface area contributed by atoms with Crippen LogP contribution in [0.2, 0.25) is 0 Å². The highest BCUT2D eigenvalue weighted by molar-refractivity contribution is 6.15. The summed E-state index contributed by atoms with van der Waals surface area (Å²) in [4.78, 5) is 4.79. The maximum Gasteiger partial charge on any atom is 0.228 e. The Hall–Kier alpha value is -11.3. The van der Waals surface area contributed by atoms with E-state index in [2.05, 4.69) is 247 Å². The molecule has 18 rings (SSSR count). The molecule has 0 saturated heterocycles. The van der Waals surface area contributed by atoms with Crippen LogP contribution in [0.4, 0.5) is 0 Å². The third-order valence-electron chi connectivity index (χ3n) is 19.5. The summed E-state index contributed by atoms with van der Waals surface area (Å²) in [5.74, 6) is 0.515. The van der Waals surface area contributed by atoms with Gasteiger partial charge in [0.2, 0.25) is 22.8 Å². The van der Waals surface area contributed by atoms with Crippen molar-refractivity contribution in [3.8, 4) is 44.9 Å². The summed E-state index contributed by atoms with van der Waals surface area (Å²) >= 11 is 0. The number of aromatic nitrogens is 4. The van der Waals surface area contributed by atoms with Gasteiger partial charge in [0.25, 0.3) is 0 Å². The Morgan fingerprint density at radius 1 is 0.383 bits per heavy atom. The Morgan fingerprint density at radius 2 is 0.872 bits per heavy atom. The van der Waals surface area contributed by atoms with Crippen LogP contribution in [0, 0.1) is 34.5 Å². The molecule has 0 N–H and O–H groups in total. The van der Waals surface area contributed by atoms with Gasteiger partial charge in [-0.25, -0.2) is 18.7 Å². The number of para-hydroxylation sites is 1. The predicted octanol–water partition coefficient (Wildman–Crippen LogP) is 21.7. The predicted molar refractivity (Wildman–Crippen MR) is 390 cm³/mol. The zero-order valence-corrected chi connectivity index (χ0v) is 54.2. The summed E-state index contributed by atoms with van der Waals surface area (Å²) in [5, 5.41) is 17.8. The minimum atomic E-state index is -2.23. The van der Waals surface area contributed by atoms with E-state index in [0.717, 1.165) is 77.5 Å². The summed E-state index contributed by atoms with van der Waals surface area (Å²) < 4.78 is 49.9. The minimum absolute atomic E-state index is 0.328. The van der Waals surface area contributed by atoms with Crippen LogP contribution < -0.4 is 13.7 Å². The van der Waals surface area contributed by atoms with Crippen molar-refractivity contribution in [2.24, 2.45) is 21.1 Å². The molecule has 7 nitrogen and oxygen atoms in total. The first kappa shape index (κ1) is 54.5. The van der Waals surface area contributed by atoms with Crippen LogP contribution in [-0.2, 0) is 21.1 Å². The van der Waals surface area contributed by atoms with Crippen LogP contribution in [0.5, 0.6) is 0 Å². The Kier molecular flexibility index (Phi) is 13.2. The van der Waals surface area contributed by atoms with Crippen molar-refractivity contribution in [3.05, 3.63) is 276 Å². The van der Waals surface area contributed by atoms with Gasteiger partial charge in [0.05, 0.1) is 38.4 Å². The fourth-order valence-electron chi connectivity index (χ4n) is 14.5. The molecule has 0 atom stereocenters. The van der Waals surface area contributed by atoms with E-state index < -0.39 is 6.85 Å². The molecule has 7 heterocycles. The zero-order chi connectivity index (χ0) is 66.7. The molecular formula is C87H71N4O3+3. The van der Waals surface area contributed by atoms with Crippen molar-refractivity contribution in [1.82, 2.24) is 4.98 Å². The maximum absolute atomic E-state index is 8.13. The smallest absolute Gasteiger partial charge is 0.228 e.